The van der Waals surface area contributed by atoms with Gasteiger partial charge in [-0.05, 0) is 70.2 Å². The summed E-state index contributed by atoms with van der Waals surface area (Å²) in [4.78, 5) is 0. The number of nitrogens with one attached hydrogen (secondary N) is 1. The van der Waals surface area contributed by atoms with Crippen LogP contribution in [0.2, 0.25) is 0 Å². The normalized spacial score (nSPS) is 10.5. The molecular formula is C23H24BrNO2. The third-order valence-electron chi connectivity index (χ3n) is 4.39. The molecule has 27 heavy (non-hydrogen) atoms. The predicted molar refractivity (Wildman–Crippen MR) is 115 cm³/mol. The third kappa shape index (κ3) is 5.04. The van der Waals surface area contributed by atoms with Gasteiger partial charge in [-0.1, -0.05) is 42.5 Å². The van der Waals surface area contributed by atoms with Gasteiger partial charge in [0.15, 0.2) is 11.5 Å². The highest BCUT2D eigenvalue weighted by Crippen LogP contribution is 2.37. The molecular weight excluding hydrogens is 402 g/mol. The van der Waals surface area contributed by atoms with Gasteiger partial charge in [-0.2, -0.15) is 0 Å². The van der Waals surface area contributed by atoms with Crippen LogP contribution in [0, 0.1) is 13.8 Å². The van der Waals surface area contributed by atoms with Crippen LogP contribution in [0.5, 0.6) is 11.5 Å². The lowest BCUT2D eigenvalue weighted by Gasteiger charge is -2.16. The predicted octanol–water partition coefficient (Wildman–Crippen LogP) is 6.27. The Morgan fingerprint density at radius 3 is 2.44 bits per heavy atom. The van der Waals surface area contributed by atoms with Crippen molar-refractivity contribution >= 4 is 21.6 Å². The molecule has 3 nitrogen and oxygen atoms in total. The third-order valence-corrected chi connectivity index (χ3v) is 4.98. The van der Waals surface area contributed by atoms with E-state index in [0.717, 1.165) is 32.8 Å². The number of benzene rings is 3. The van der Waals surface area contributed by atoms with Crippen molar-refractivity contribution in [2.75, 3.05) is 12.4 Å². The molecule has 0 radical (unpaired) electrons. The van der Waals surface area contributed by atoms with Crippen LogP contribution >= 0.6 is 15.9 Å². The first-order chi connectivity index (χ1) is 13.1. The highest BCUT2D eigenvalue weighted by atomic mass is 79.9. The molecule has 140 valence electrons. The van der Waals surface area contributed by atoms with Crippen LogP contribution in [0.3, 0.4) is 0 Å². The Hall–Kier alpha value is -2.46. The minimum Gasteiger partial charge on any atom is -0.493 e. The number of rotatable bonds is 7. The van der Waals surface area contributed by atoms with Gasteiger partial charge in [0.1, 0.15) is 6.61 Å². The summed E-state index contributed by atoms with van der Waals surface area (Å²) >= 11 is 3.63. The van der Waals surface area contributed by atoms with Crippen molar-refractivity contribution in [3.8, 4) is 11.5 Å². The van der Waals surface area contributed by atoms with Crippen molar-refractivity contribution in [1.82, 2.24) is 0 Å². The average Bonchev–Trinajstić information content (AvgIpc) is 2.68. The fourth-order valence-electron chi connectivity index (χ4n) is 2.87. The first kappa shape index (κ1) is 19.3. The minimum atomic E-state index is 0.496. The largest absolute Gasteiger partial charge is 0.493 e. The maximum absolute atomic E-state index is 6.01. The van der Waals surface area contributed by atoms with Crippen LogP contribution in [-0.4, -0.2) is 7.11 Å². The summed E-state index contributed by atoms with van der Waals surface area (Å²) in [5.41, 5.74) is 5.86. The van der Waals surface area contributed by atoms with Crippen molar-refractivity contribution in [2.45, 2.75) is 27.0 Å². The van der Waals surface area contributed by atoms with Gasteiger partial charge in [0.2, 0.25) is 0 Å². The number of anilines is 1. The molecule has 0 saturated heterocycles. The summed E-state index contributed by atoms with van der Waals surface area (Å²) in [5, 5.41) is 3.51. The Kier molecular flexibility index (Phi) is 6.40. The summed E-state index contributed by atoms with van der Waals surface area (Å²) in [6, 6.07) is 20.6. The van der Waals surface area contributed by atoms with Gasteiger partial charge in [-0.25, -0.2) is 0 Å². The van der Waals surface area contributed by atoms with E-state index in [-0.39, 0.29) is 0 Å². The Balaban J connectivity index is 1.74. The average molecular weight is 426 g/mol. The molecule has 0 aliphatic rings. The van der Waals surface area contributed by atoms with Crippen LogP contribution in [-0.2, 0) is 13.2 Å². The summed E-state index contributed by atoms with van der Waals surface area (Å²) in [6.07, 6.45) is 0. The molecule has 0 aromatic heterocycles. The van der Waals surface area contributed by atoms with Crippen molar-refractivity contribution in [3.63, 3.8) is 0 Å². The fraction of sp³-hybridized carbons (Fsp3) is 0.217. The topological polar surface area (TPSA) is 30.5 Å². The Morgan fingerprint density at radius 2 is 1.70 bits per heavy atom. The molecule has 0 fully saturated rings. The molecule has 3 aromatic rings. The molecule has 0 spiro atoms. The second-order valence-electron chi connectivity index (χ2n) is 6.56. The Bertz CT molecular complexity index is 910. The summed E-state index contributed by atoms with van der Waals surface area (Å²) < 4.78 is 12.5. The first-order valence-corrected chi connectivity index (χ1v) is 9.70. The van der Waals surface area contributed by atoms with Crippen LogP contribution in [0.15, 0.2) is 65.1 Å². The lowest BCUT2D eigenvalue weighted by molar-refractivity contribution is 0.282. The van der Waals surface area contributed by atoms with E-state index in [1.54, 1.807) is 7.11 Å². The van der Waals surface area contributed by atoms with Crippen LogP contribution < -0.4 is 14.8 Å². The second-order valence-corrected chi connectivity index (χ2v) is 7.41. The molecule has 0 heterocycles. The lowest BCUT2D eigenvalue weighted by Crippen LogP contribution is -2.04. The summed E-state index contributed by atoms with van der Waals surface area (Å²) in [7, 11) is 1.67. The lowest BCUT2D eigenvalue weighted by atomic mass is 10.1. The van der Waals surface area contributed by atoms with E-state index in [0.29, 0.717) is 13.2 Å². The molecule has 0 amide bonds. The van der Waals surface area contributed by atoms with Crippen molar-refractivity contribution in [1.29, 1.82) is 0 Å². The highest BCUT2D eigenvalue weighted by molar-refractivity contribution is 9.10. The monoisotopic (exact) mass is 425 g/mol. The molecule has 3 aromatic carbocycles. The Morgan fingerprint density at radius 1 is 0.926 bits per heavy atom. The van der Waals surface area contributed by atoms with E-state index in [9.17, 15) is 0 Å². The van der Waals surface area contributed by atoms with Gasteiger partial charge in [-0.3, -0.25) is 0 Å². The zero-order chi connectivity index (χ0) is 19.2. The quantitative estimate of drug-likeness (QED) is 0.483. The molecule has 0 saturated carbocycles. The molecule has 0 bridgehead atoms. The van der Waals surface area contributed by atoms with E-state index < -0.39 is 0 Å². The van der Waals surface area contributed by atoms with Crippen LogP contribution in [0.25, 0.3) is 0 Å². The molecule has 3 rings (SSSR count). The van der Waals surface area contributed by atoms with Crippen molar-refractivity contribution in [2.24, 2.45) is 0 Å². The highest BCUT2D eigenvalue weighted by Gasteiger charge is 2.12. The number of hydrogen-bond acceptors (Lipinski definition) is 3. The molecule has 0 atom stereocenters. The molecule has 0 aliphatic carbocycles. The first-order valence-electron chi connectivity index (χ1n) is 8.91. The summed E-state index contributed by atoms with van der Waals surface area (Å²) in [6.45, 7) is 5.41. The zero-order valence-electron chi connectivity index (χ0n) is 15.9. The zero-order valence-corrected chi connectivity index (χ0v) is 17.5. The number of methoxy groups -OCH3 is 1. The van der Waals surface area contributed by atoms with E-state index in [1.165, 1.54) is 11.1 Å². The maximum Gasteiger partial charge on any atom is 0.175 e. The van der Waals surface area contributed by atoms with Crippen molar-refractivity contribution < 1.29 is 9.47 Å². The SMILES string of the molecule is COc1cc(CNc2cc(C)ccc2C)cc(Br)c1OCc1ccccc1. The molecule has 1 N–H and O–H groups in total. The van der Waals surface area contributed by atoms with Crippen molar-refractivity contribution in [3.05, 3.63) is 87.4 Å². The van der Waals surface area contributed by atoms with E-state index >= 15 is 0 Å². The second kappa shape index (κ2) is 8.96. The minimum absolute atomic E-state index is 0.496. The summed E-state index contributed by atoms with van der Waals surface area (Å²) in [5.74, 6) is 1.44. The van der Waals surface area contributed by atoms with E-state index in [1.807, 2.05) is 36.4 Å². The van der Waals surface area contributed by atoms with E-state index in [2.05, 4.69) is 59.4 Å². The van der Waals surface area contributed by atoms with Gasteiger partial charge >= 0.3 is 0 Å². The standard InChI is InChI=1S/C23H24BrNO2/c1-16-9-10-17(2)21(11-16)25-14-19-12-20(24)23(22(13-19)26-3)27-15-18-7-5-4-6-8-18/h4-13,25H,14-15H2,1-3H3. The number of aryl methyl sites for hydroxylation is 2. The van der Waals surface area contributed by atoms with Crippen LogP contribution in [0.4, 0.5) is 5.69 Å². The fourth-order valence-corrected chi connectivity index (χ4v) is 3.47. The number of hydrogen-bond donors (Lipinski definition) is 1. The van der Waals surface area contributed by atoms with Gasteiger partial charge in [0.25, 0.3) is 0 Å². The Labute approximate surface area is 169 Å². The molecule has 4 heteroatoms. The molecule has 0 unspecified atom stereocenters. The van der Waals surface area contributed by atoms with Gasteiger partial charge < -0.3 is 14.8 Å². The van der Waals surface area contributed by atoms with Gasteiger partial charge in [0, 0.05) is 12.2 Å². The number of ether oxygens (including phenoxy) is 2. The van der Waals surface area contributed by atoms with Crippen LogP contribution in [0.1, 0.15) is 22.3 Å². The van der Waals surface area contributed by atoms with Gasteiger partial charge in [-0.15, -0.1) is 0 Å². The smallest absolute Gasteiger partial charge is 0.175 e. The number of halogens is 1. The van der Waals surface area contributed by atoms with E-state index in [4.69, 9.17) is 9.47 Å². The maximum atomic E-state index is 6.01. The van der Waals surface area contributed by atoms with Gasteiger partial charge in [0.05, 0.1) is 11.6 Å². The molecule has 0 aliphatic heterocycles.